The maximum Gasteiger partial charge on any atom is 0.231 e. The molecule has 0 saturated carbocycles. The Bertz CT molecular complexity index is 1110. The first-order valence-corrected chi connectivity index (χ1v) is 10.2. The van der Waals surface area contributed by atoms with E-state index >= 15 is 0 Å². The van der Waals surface area contributed by atoms with Crippen LogP contribution in [0.4, 0.5) is 5.69 Å². The fourth-order valence-corrected chi connectivity index (χ4v) is 4.83. The van der Waals surface area contributed by atoms with Gasteiger partial charge < -0.3 is 29.4 Å². The van der Waals surface area contributed by atoms with E-state index < -0.39 is 0 Å². The van der Waals surface area contributed by atoms with Gasteiger partial charge in [0.1, 0.15) is 0 Å². The normalized spacial score (nSPS) is 20.6. The van der Waals surface area contributed by atoms with Gasteiger partial charge in [-0.3, -0.25) is 4.79 Å². The SMILES string of the molecule is COc1cc(C2C3=C(CC(C)(C)CC3=O)Nc3cc4c(cc32)OCO4)cc(OC)c1O. The molecule has 2 aromatic carbocycles. The number of rotatable bonds is 3. The van der Waals surface area contributed by atoms with Crippen LogP contribution in [0.3, 0.4) is 0 Å². The number of carbonyl (C=O) groups is 1. The second kappa shape index (κ2) is 6.83. The van der Waals surface area contributed by atoms with E-state index in [-0.39, 0.29) is 29.7 Å². The molecule has 162 valence electrons. The number of methoxy groups -OCH3 is 2. The third-order valence-electron chi connectivity index (χ3n) is 6.19. The van der Waals surface area contributed by atoms with Crippen LogP contribution in [-0.2, 0) is 4.79 Å². The summed E-state index contributed by atoms with van der Waals surface area (Å²) in [5, 5.41) is 13.9. The number of ketones is 1. The highest BCUT2D eigenvalue weighted by atomic mass is 16.7. The first-order chi connectivity index (χ1) is 14.8. The molecule has 3 aliphatic rings. The predicted octanol–water partition coefficient (Wildman–Crippen LogP) is 4.34. The number of fused-ring (bicyclic) bond motifs is 2. The first-order valence-electron chi connectivity index (χ1n) is 10.2. The third kappa shape index (κ3) is 3.07. The molecule has 2 heterocycles. The molecule has 7 nitrogen and oxygen atoms in total. The van der Waals surface area contributed by atoms with Crippen LogP contribution in [0.2, 0.25) is 0 Å². The largest absolute Gasteiger partial charge is 0.502 e. The molecule has 1 unspecified atom stereocenters. The summed E-state index contributed by atoms with van der Waals surface area (Å²) in [6.45, 7) is 4.38. The predicted molar refractivity (Wildman–Crippen MR) is 114 cm³/mol. The molecule has 0 fully saturated rings. The quantitative estimate of drug-likeness (QED) is 0.760. The summed E-state index contributed by atoms with van der Waals surface area (Å²) >= 11 is 0. The topological polar surface area (TPSA) is 86.3 Å². The van der Waals surface area contributed by atoms with Crippen LogP contribution in [-0.4, -0.2) is 31.9 Å². The molecular weight excluding hydrogens is 398 g/mol. The average molecular weight is 423 g/mol. The molecular formula is C24H25NO6. The second-order valence-corrected chi connectivity index (χ2v) is 8.96. The molecule has 0 aromatic heterocycles. The molecule has 2 aromatic rings. The fourth-order valence-electron chi connectivity index (χ4n) is 4.83. The first kappa shape index (κ1) is 19.6. The van der Waals surface area contributed by atoms with Crippen LogP contribution in [0.5, 0.6) is 28.7 Å². The lowest BCUT2D eigenvalue weighted by molar-refractivity contribution is -0.118. The number of aromatic hydroxyl groups is 1. The van der Waals surface area contributed by atoms with Gasteiger partial charge in [-0.2, -0.15) is 0 Å². The van der Waals surface area contributed by atoms with Gasteiger partial charge in [-0.1, -0.05) is 13.8 Å². The van der Waals surface area contributed by atoms with Gasteiger partial charge in [-0.15, -0.1) is 0 Å². The average Bonchev–Trinajstić information content (AvgIpc) is 3.17. The van der Waals surface area contributed by atoms with E-state index in [1.54, 1.807) is 12.1 Å². The van der Waals surface area contributed by atoms with E-state index in [0.29, 0.717) is 29.4 Å². The Labute approximate surface area is 180 Å². The van der Waals surface area contributed by atoms with Crippen molar-refractivity contribution in [3.05, 3.63) is 46.7 Å². The van der Waals surface area contributed by atoms with Crippen LogP contribution < -0.4 is 24.3 Å². The summed E-state index contributed by atoms with van der Waals surface area (Å²) in [7, 11) is 2.98. The molecule has 1 atom stereocenters. The Balaban J connectivity index is 1.76. The van der Waals surface area contributed by atoms with Gasteiger partial charge in [-0.05, 0) is 41.2 Å². The standard InChI is InChI=1S/C24H25NO6/c1-24(2)9-15-22(16(26)10-24)21(12-5-19(28-3)23(27)20(6-12)29-4)13-7-17-18(31-11-30-17)8-14(13)25-15/h5-8,21,25,27H,9-11H2,1-4H3. The minimum Gasteiger partial charge on any atom is -0.502 e. The Hall–Kier alpha value is -3.35. The molecule has 5 rings (SSSR count). The van der Waals surface area contributed by atoms with Crippen molar-refractivity contribution in [1.29, 1.82) is 0 Å². The molecule has 0 bridgehead atoms. The van der Waals surface area contributed by atoms with Crippen molar-refractivity contribution in [3.63, 3.8) is 0 Å². The Morgan fingerprint density at radius 2 is 1.68 bits per heavy atom. The number of Topliss-reactive ketones (excluding diaryl/α,β-unsaturated/α-hetero) is 1. The number of benzene rings is 2. The second-order valence-electron chi connectivity index (χ2n) is 8.96. The van der Waals surface area contributed by atoms with Crippen molar-refractivity contribution in [2.45, 2.75) is 32.6 Å². The van der Waals surface area contributed by atoms with Crippen molar-refractivity contribution in [1.82, 2.24) is 0 Å². The maximum absolute atomic E-state index is 13.4. The highest BCUT2D eigenvalue weighted by Crippen LogP contribution is 2.53. The van der Waals surface area contributed by atoms with E-state index in [4.69, 9.17) is 18.9 Å². The van der Waals surface area contributed by atoms with Gasteiger partial charge in [0, 0.05) is 35.4 Å². The lowest BCUT2D eigenvalue weighted by Gasteiger charge is -2.39. The van der Waals surface area contributed by atoms with Crippen molar-refractivity contribution in [2.24, 2.45) is 5.41 Å². The van der Waals surface area contributed by atoms with E-state index in [1.807, 2.05) is 12.1 Å². The maximum atomic E-state index is 13.4. The number of hydrogen-bond acceptors (Lipinski definition) is 7. The van der Waals surface area contributed by atoms with Crippen LogP contribution in [0.15, 0.2) is 35.5 Å². The lowest BCUT2D eigenvalue weighted by Crippen LogP contribution is -2.33. The van der Waals surface area contributed by atoms with Crippen LogP contribution in [0.25, 0.3) is 0 Å². The lowest BCUT2D eigenvalue weighted by atomic mass is 9.68. The third-order valence-corrected chi connectivity index (χ3v) is 6.19. The Morgan fingerprint density at radius 1 is 1.03 bits per heavy atom. The Morgan fingerprint density at radius 3 is 2.32 bits per heavy atom. The number of hydrogen-bond donors (Lipinski definition) is 2. The summed E-state index contributed by atoms with van der Waals surface area (Å²) in [5.74, 6) is 1.60. The molecule has 0 spiro atoms. The number of allylic oxidation sites excluding steroid dienone is 2. The smallest absolute Gasteiger partial charge is 0.231 e. The monoisotopic (exact) mass is 423 g/mol. The van der Waals surface area contributed by atoms with Crippen LogP contribution >= 0.6 is 0 Å². The van der Waals surface area contributed by atoms with Crippen molar-refractivity contribution < 1.29 is 28.8 Å². The molecule has 0 amide bonds. The van der Waals surface area contributed by atoms with Gasteiger partial charge in [0.15, 0.2) is 28.8 Å². The summed E-state index contributed by atoms with van der Waals surface area (Å²) in [4.78, 5) is 13.4. The van der Waals surface area contributed by atoms with Gasteiger partial charge in [-0.25, -0.2) is 0 Å². The molecule has 0 saturated heterocycles. The zero-order valence-corrected chi connectivity index (χ0v) is 18.0. The highest BCUT2D eigenvalue weighted by molar-refractivity contribution is 6.02. The van der Waals surface area contributed by atoms with E-state index in [9.17, 15) is 9.90 Å². The number of anilines is 1. The Kier molecular flexibility index (Phi) is 4.32. The number of carbonyl (C=O) groups excluding carboxylic acids is 1. The van der Waals surface area contributed by atoms with Gasteiger partial charge in [0.05, 0.1) is 14.2 Å². The summed E-state index contributed by atoms with van der Waals surface area (Å²) in [5.41, 5.74) is 4.11. The van der Waals surface area contributed by atoms with Gasteiger partial charge in [0.25, 0.3) is 0 Å². The van der Waals surface area contributed by atoms with Crippen LogP contribution in [0.1, 0.15) is 43.7 Å². The molecule has 7 heteroatoms. The minimum absolute atomic E-state index is 0.0705. The van der Waals surface area contributed by atoms with Gasteiger partial charge >= 0.3 is 0 Å². The molecule has 2 aliphatic heterocycles. The zero-order valence-electron chi connectivity index (χ0n) is 18.0. The number of ether oxygens (including phenoxy) is 4. The van der Waals surface area contributed by atoms with Gasteiger partial charge in [0.2, 0.25) is 12.5 Å². The van der Waals surface area contributed by atoms with Crippen molar-refractivity contribution in [3.8, 4) is 28.7 Å². The van der Waals surface area contributed by atoms with E-state index in [2.05, 4.69) is 19.2 Å². The molecule has 2 N–H and O–H groups in total. The molecule has 0 radical (unpaired) electrons. The summed E-state index contributed by atoms with van der Waals surface area (Å²) in [6, 6.07) is 7.38. The highest BCUT2D eigenvalue weighted by Gasteiger charge is 2.41. The summed E-state index contributed by atoms with van der Waals surface area (Å²) in [6.07, 6.45) is 1.22. The van der Waals surface area contributed by atoms with Crippen molar-refractivity contribution >= 4 is 11.5 Å². The van der Waals surface area contributed by atoms with E-state index in [1.165, 1.54) is 14.2 Å². The number of phenolic OH excluding ortho intramolecular Hbond substituents is 1. The molecule has 31 heavy (non-hydrogen) atoms. The van der Waals surface area contributed by atoms with Crippen molar-refractivity contribution in [2.75, 3.05) is 26.3 Å². The zero-order chi connectivity index (χ0) is 21.9. The van der Waals surface area contributed by atoms with E-state index in [0.717, 1.165) is 34.5 Å². The van der Waals surface area contributed by atoms with Crippen LogP contribution in [0, 0.1) is 5.41 Å². The number of phenols is 1. The molecule has 1 aliphatic carbocycles. The minimum atomic E-state index is -0.354. The summed E-state index contributed by atoms with van der Waals surface area (Å²) < 4.78 is 22.0. The fraction of sp³-hybridized carbons (Fsp3) is 0.375. The number of nitrogens with one attached hydrogen (secondary N) is 1.